The molecule has 170 valence electrons. The Bertz CT molecular complexity index is 994. The van der Waals surface area contributed by atoms with Crippen molar-refractivity contribution >= 4 is 17.2 Å². The summed E-state index contributed by atoms with van der Waals surface area (Å²) >= 11 is 0. The van der Waals surface area contributed by atoms with Crippen LogP contribution in [0.2, 0.25) is 0 Å². The van der Waals surface area contributed by atoms with Crippen molar-refractivity contribution in [2.45, 2.75) is 38.3 Å². The maximum atomic E-state index is 6.56. The second-order valence-corrected chi connectivity index (χ2v) is 9.59. The van der Waals surface area contributed by atoms with Crippen LogP contribution in [0.15, 0.2) is 24.4 Å². The quantitative estimate of drug-likeness (QED) is 0.768. The third-order valence-electron chi connectivity index (χ3n) is 7.50. The number of likely N-dealkylation sites (tertiary alicyclic amines) is 1. The van der Waals surface area contributed by atoms with Crippen LogP contribution < -0.4 is 20.3 Å². The number of fused-ring (bicyclic) bond motifs is 2. The van der Waals surface area contributed by atoms with Gasteiger partial charge in [0.25, 0.3) is 0 Å². The molecule has 4 aliphatic rings. The number of anilines is 3. The molecular weight excluding hydrogens is 402 g/mol. The van der Waals surface area contributed by atoms with Crippen molar-refractivity contribution in [2.24, 2.45) is 0 Å². The van der Waals surface area contributed by atoms with Crippen LogP contribution in [0.4, 0.5) is 17.2 Å². The first-order valence-corrected chi connectivity index (χ1v) is 12.0. The molecule has 0 amide bonds. The van der Waals surface area contributed by atoms with E-state index < -0.39 is 0 Å². The number of hydrogen-bond acceptors (Lipinski definition) is 7. The first-order valence-electron chi connectivity index (χ1n) is 12.0. The van der Waals surface area contributed by atoms with Gasteiger partial charge >= 0.3 is 0 Å². The van der Waals surface area contributed by atoms with Crippen LogP contribution >= 0.6 is 0 Å². The van der Waals surface area contributed by atoms with Gasteiger partial charge in [0, 0.05) is 56.6 Å². The lowest BCUT2D eigenvalue weighted by atomic mass is 9.88. The van der Waals surface area contributed by atoms with Gasteiger partial charge in [0.1, 0.15) is 17.7 Å². The Kier molecular flexibility index (Phi) is 5.20. The molecule has 0 bridgehead atoms. The maximum absolute atomic E-state index is 6.56. The molecule has 3 saturated heterocycles. The molecule has 1 aromatic heterocycles. The summed E-state index contributed by atoms with van der Waals surface area (Å²) in [5.41, 5.74) is 5.97. The fraction of sp³-hybridized carbons (Fsp3) is 0.560. The molecule has 0 radical (unpaired) electrons. The van der Waals surface area contributed by atoms with Gasteiger partial charge < -0.3 is 25.0 Å². The van der Waals surface area contributed by atoms with Gasteiger partial charge in [0.05, 0.1) is 24.5 Å². The van der Waals surface area contributed by atoms with E-state index in [2.05, 4.69) is 52.5 Å². The molecule has 7 nitrogen and oxygen atoms in total. The third kappa shape index (κ3) is 3.52. The summed E-state index contributed by atoms with van der Waals surface area (Å²) in [5.74, 6) is 2.45. The van der Waals surface area contributed by atoms with Crippen LogP contribution in [0.1, 0.15) is 42.1 Å². The summed E-state index contributed by atoms with van der Waals surface area (Å²) in [6, 6.07) is 7.45. The van der Waals surface area contributed by atoms with E-state index in [0.717, 1.165) is 75.3 Å². The van der Waals surface area contributed by atoms with Gasteiger partial charge in [-0.2, -0.15) is 0 Å². The molecule has 0 unspecified atom stereocenters. The largest absolute Gasteiger partial charge is 0.483 e. The predicted octanol–water partition coefficient (Wildman–Crippen LogP) is 3.18. The Balaban J connectivity index is 1.29. The predicted molar refractivity (Wildman–Crippen MR) is 126 cm³/mol. The lowest BCUT2D eigenvalue weighted by Gasteiger charge is -2.43. The third-order valence-corrected chi connectivity index (χ3v) is 7.50. The normalized spacial score (nSPS) is 25.9. The van der Waals surface area contributed by atoms with E-state index in [-0.39, 0.29) is 6.10 Å². The topological polar surface area (TPSA) is 61.9 Å². The number of ether oxygens (including phenoxy) is 2. The standard InChI is InChI=1S/C25H33N5O2/c1-16-11-18(19-14-30(15-19)20-3-5-26-13-20)12-21-24(16)32-17(2)23-22(4-6-27-25(23)28-21)29-7-9-31-10-8-29/h4,6,11-12,17,19-20,26H,3,5,7-10,13-15H2,1-2H3,(H,27,28)/t17-,20-/m1/s1. The zero-order valence-electron chi connectivity index (χ0n) is 19.1. The Hall–Kier alpha value is -2.35. The van der Waals surface area contributed by atoms with Gasteiger partial charge in [-0.15, -0.1) is 0 Å². The summed E-state index contributed by atoms with van der Waals surface area (Å²) in [6.07, 6.45) is 3.10. The fourth-order valence-electron chi connectivity index (χ4n) is 5.67. The van der Waals surface area contributed by atoms with Gasteiger partial charge in [-0.05, 0) is 50.1 Å². The number of nitrogens with one attached hydrogen (secondary N) is 2. The minimum Gasteiger partial charge on any atom is -0.483 e. The van der Waals surface area contributed by atoms with Crippen molar-refractivity contribution in [3.8, 4) is 5.75 Å². The number of rotatable bonds is 3. The molecule has 2 aromatic rings. The Labute approximate surface area is 190 Å². The monoisotopic (exact) mass is 435 g/mol. The summed E-state index contributed by atoms with van der Waals surface area (Å²) in [5, 5.41) is 7.14. The van der Waals surface area contributed by atoms with E-state index >= 15 is 0 Å². The summed E-state index contributed by atoms with van der Waals surface area (Å²) in [6.45, 7) is 12.2. The van der Waals surface area contributed by atoms with Gasteiger partial charge in [0.15, 0.2) is 0 Å². The highest BCUT2D eigenvalue weighted by Crippen LogP contribution is 2.45. The smallest absolute Gasteiger partial charge is 0.146 e. The molecule has 2 atom stereocenters. The van der Waals surface area contributed by atoms with Crippen molar-refractivity contribution in [1.82, 2.24) is 15.2 Å². The van der Waals surface area contributed by atoms with Crippen LogP contribution in [0, 0.1) is 6.92 Å². The van der Waals surface area contributed by atoms with Crippen molar-refractivity contribution < 1.29 is 9.47 Å². The highest BCUT2D eigenvalue weighted by Gasteiger charge is 2.35. The SMILES string of the molecule is Cc1cc(C2CN([C@@H]3CCNC3)C2)cc2c1O[C@H](C)c1c(N3CCOCC3)ccnc1N2. The summed E-state index contributed by atoms with van der Waals surface area (Å²) in [7, 11) is 0. The number of morpholine rings is 1. The zero-order chi connectivity index (χ0) is 21.7. The lowest BCUT2D eigenvalue weighted by Crippen LogP contribution is -2.51. The highest BCUT2D eigenvalue weighted by molar-refractivity contribution is 5.75. The van der Waals surface area contributed by atoms with E-state index in [9.17, 15) is 0 Å². The number of pyridine rings is 1. The molecule has 0 spiro atoms. The minimum absolute atomic E-state index is 0.0797. The van der Waals surface area contributed by atoms with Gasteiger partial charge in [-0.25, -0.2) is 4.98 Å². The van der Waals surface area contributed by atoms with E-state index in [1.165, 1.54) is 23.2 Å². The molecule has 2 N–H and O–H groups in total. The number of aromatic nitrogens is 1. The van der Waals surface area contributed by atoms with Crippen LogP contribution in [0.25, 0.3) is 0 Å². The van der Waals surface area contributed by atoms with Crippen molar-refractivity contribution in [3.63, 3.8) is 0 Å². The number of aryl methyl sites for hydroxylation is 1. The first-order chi connectivity index (χ1) is 15.7. The maximum Gasteiger partial charge on any atom is 0.146 e. The second-order valence-electron chi connectivity index (χ2n) is 9.59. The van der Waals surface area contributed by atoms with E-state index in [1.54, 1.807) is 0 Å². The lowest BCUT2D eigenvalue weighted by molar-refractivity contribution is 0.101. The molecular formula is C25H33N5O2. The summed E-state index contributed by atoms with van der Waals surface area (Å²) < 4.78 is 12.1. The molecule has 3 fully saturated rings. The molecule has 5 heterocycles. The van der Waals surface area contributed by atoms with Crippen LogP contribution in [0.5, 0.6) is 5.75 Å². The number of hydrogen-bond donors (Lipinski definition) is 2. The van der Waals surface area contributed by atoms with Crippen LogP contribution in [-0.2, 0) is 4.74 Å². The van der Waals surface area contributed by atoms with Gasteiger partial charge in [-0.1, -0.05) is 6.07 Å². The van der Waals surface area contributed by atoms with Crippen LogP contribution in [-0.4, -0.2) is 68.4 Å². The Morgan fingerprint density at radius 3 is 2.78 bits per heavy atom. The van der Waals surface area contributed by atoms with E-state index in [1.807, 2.05) is 6.20 Å². The molecule has 0 aliphatic carbocycles. The molecule has 1 aromatic carbocycles. The van der Waals surface area contributed by atoms with E-state index in [4.69, 9.17) is 14.5 Å². The number of nitrogens with zero attached hydrogens (tertiary/aromatic N) is 3. The van der Waals surface area contributed by atoms with Crippen molar-refractivity contribution in [2.75, 3.05) is 62.7 Å². The van der Waals surface area contributed by atoms with Gasteiger partial charge in [0.2, 0.25) is 0 Å². The van der Waals surface area contributed by atoms with Crippen molar-refractivity contribution in [3.05, 3.63) is 41.1 Å². The average molecular weight is 436 g/mol. The Morgan fingerprint density at radius 1 is 1.16 bits per heavy atom. The minimum atomic E-state index is -0.0797. The second kappa shape index (κ2) is 8.21. The number of benzene rings is 1. The van der Waals surface area contributed by atoms with E-state index in [0.29, 0.717) is 12.0 Å². The Morgan fingerprint density at radius 2 is 2.00 bits per heavy atom. The molecule has 7 heteroatoms. The molecule has 4 aliphatic heterocycles. The summed E-state index contributed by atoms with van der Waals surface area (Å²) in [4.78, 5) is 9.74. The zero-order valence-corrected chi connectivity index (χ0v) is 19.1. The molecule has 0 saturated carbocycles. The molecule has 32 heavy (non-hydrogen) atoms. The fourth-order valence-corrected chi connectivity index (χ4v) is 5.67. The first kappa shape index (κ1) is 20.3. The highest BCUT2D eigenvalue weighted by atomic mass is 16.5. The van der Waals surface area contributed by atoms with Gasteiger partial charge in [-0.3, -0.25) is 4.90 Å². The van der Waals surface area contributed by atoms with Crippen LogP contribution in [0.3, 0.4) is 0 Å². The average Bonchev–Trinajstić information content (AvgIpc) is 3.24. The molecule has 6 rings (SSSR count). The van der Waals surface area contributed by atoms with Crippen molar-refractivity contribution in [1.29, 1.82) is 0 Å².